The molecule has 2 aromatic heterocycles. The van der Waals surface area contributed by atoms with E-state index in [0.29, 0.717) is 36.2 Å². The Kier molecular flexibility index (Phi) is 5.28. The summed E-state index contributed by atoms with van der Waals surface area (Å²) in [4.78, 5) is 20.6. The molecule has 0 saturated heterocycles. The molecule has 29 heavy (non-hydrogen) atoms. The maximum Gasteiger partial charge on any atom is 0.231 e. The summed E-state index contributed by atoms with van der Waals surface area (Å²) in [6.45, 7) is 5.16. The second kappa shape index (κ2) is 8.17. The van der Waals surface area contributed by atoms with Crippen LogP contribution in [0.1, 0.15) is 17.0 Å². The zero-order valence-corrected chi connectivity index (χ0v) is 16.3. The normalized spacial score (nSPS) is 12.1. The molecule has 2 N–H and O–H groups in total. The number of amides is 1. The number of fused-ring (bicyclic) bond motifs is 1. The lowest BCUT2D eigenvalue weighted by atomic mass is 10.1. The molecule has 3 heterocycles. The van der Waals surface area contributed by atoms with Gasteiger partial charge in [0.1, 0.15) is 12.1 Å². The monoisotopic (exact) mass is 394 g/mol. The summed E-state index contributed by atoms with van der Waals surface area (Å²) in [7, 11) is 0. The average Bonchev–Trinajstić information content (AvgIpc) is 3.30. The highest BCUT2D eigenvalue weighted by molar-refractivity contribution is 5.78. The molecule has 9 nitrogen and oxygen atoms in total. The molecule has 4 rings (SSSR count). The smallest absolute Gasteiger partial charge is 0.231 e. The van der Waals surface area contributed by atoms with E-state index in [2.05, 4.69) is 25.7 Å². The molecule has 0 fully saturated rings. The van der Waals surface area contributed by atoms with Gasteiger partial charge >= 0.3 is 0 Å². The van der Waals surface area contributed by atoms with Crippen molar-refractivity contribution < 1.29 is 14.3 Å². The summed E-state index contributed by atoms with van der Waals surface area (Å²) in [6.07, 6.45) is 1.78. The van der Waals surface area contributed by atoms with Crippen LogP contribution in [0.4, 0.5) is 5.82 Å². The first-order valence-corrected chi connectivity index (χ1v) is 9.33. The Labute approximate surface area is 168 Å². The van der Waals surface area contributed by atoms with Crippen LogP contribution in [0.25, 0.3) is 5.82 Å². The van der Waals surface area contributed by atoms with Crippen LogP contribution in [0.15, 0.2) is 36.7 Å². The molecule has 0 spiro atoms. The Hall–Kier alpha value is -3.62. The molecular weight excluding hydrogens is 372 g/mol. The number of anilines is 1. The number of nitrogens with zero attached hydrogens (tertiary/aromatic N) is 4. The first-order valence-electron chi connectivity index (χ1n) is 9.33. The minimum absolute atomic E-state index is 0.0586. The second-order valence-corrected chi connectivity index (χ2v) is 6.74. The van der Waals surface area contributed by atoms with E-state index in [1.807, 2.05) is 44.2 Å². The van der Waals surface area contributed by atoms with Crippen molar-refractivity contribution in [1.29, 1.82) is 0 Å². The summed E-state index contributed by atoms with van der Waals surface area (Å²) in [5, 5.41) is 10.5. The van der Waals surface area contributed by atoms with Crippen LogP contribution in [0.2, 0.25) is 0 Å². The molecule has 0 bridgehead atoms. The quantitative estimate of drug-likeness (QED) is 0.589. The molecule has 0 atom stereocenters. The third-order valence-electron chi connectivity index (χ3n) is 4.43. The van der Waals surface area contributed by atoms with Gasteiger partial charge in [0, 0.05) is 24.8 Å². The maximum atomic E-state index is 12.2. The number of benzene rings is 1. The van der Waals surface area contributed by atoms with Crippen molar-refractivity contribution in [3.8, 4) is 17.3 Å². The van der Waals surface area contributed by atoms with Gasteiger partial charge in [0.15, 0.2) is 17.3 Å². The molecule has 1 amide bonds. The van der Waals surface area contributed by atoms with Gasteiger partial charge in [-0.2, -0.15) is 5.10 Å². The minimum Gasteiger partial charge on any atom is -0.454 e. The molecule has 150 valence electrons. The Morgan fingerprint density at radius 1 is 1.10 bits per heavy atom. The predicted molar refractivity (Wildman–Crippen MR) is 106 cm³/mol. The van der Waals surface area contributed by atoms with Gasteiger partial charge in [-0.25, -0.2) is 14.6 Å². The molecule has 1 aliphatic heterocycles. The lowest BCUT2D eigenvalue weighted by molar-refractivity contribution is -0.120. The van der Waals surface area contributed by atoms with E-state index in [4.69, 9.17) is 9.47 Å². The Morgan fingerprint density at radius 2 is 1.97 bits per heavy atom. The standard InChI is InChI=1S/C20H22N6O3/c1-13-7-14(2)26(25-13)19-10-18(23-11-24-19)21-5-6-22-20(27)9-15-3-4-16-17(8-15)29-12-28-16/h3-4,7-8,10-11H,5-6,9,12H2,1-2H3,(H,22,27)(H,21,23,24). The zero-order valence-electron chi connectivity index (χ0n) is 16.3. The van der Waals surface area contributed by atoms with Gasteiger partial charge in [0.05, 0.1) is 12.1 Å². The number of hydrogen-bond donors (Lipinski definition) is 2. The van der Waals surface area contributed by atoms with Gasteiger partial charge in [-0.05, 0) is 37.6 Å². The number of hydrogen-bond acceptors (Lipinski definition) is 7. The number of carbonyl (C=O) groups is 1. The minimum atomic E-state index is -0.0586. The first kappa shape index (κ1) is 18.7. The van der Waals surface area contributed by atoms with Crippen LogP contribution in [0.3, 0.4) is 0 Å². The van der Waals surface area contributed by atoms with Crippen LogP contribution >= 0.6 is 0 Å². The molecule has 0 aliphatic carbocycles. The third kappa shape index (κ3) is 4.45. The highest BCUT2D eigenvalue weighted by Gasteiger charge is 2.14. The molecule has 3 aromatic rings. The third-order valence-corrected chi connectivity index (χ3v) is 4.43. The molecule has 1 aliphatic rings. The van der Waals surface area contributed by atoms with Crippen LogP contribution in [-0.4, -0.2) is 45.5 Å². The summed E-state index contributed by atoms with van der Waals surface area (Å²) >= 11 is 0. The van der Waals surface area contributed by atoms with Gasteiger partial charge < -0.3 is 20.1 Å². The largest absolute Gasteiger partial charge is 0.454 e. The van der Waals surface area contributed by atoms with Gasteiger partial charge in [-0.15, -0.1) is 0 Å². The summed E-state index contributed by atoms with van der Waals surface area (Å²) in [5.41, 5.74) is 2.81. The molecule has 9 heteroatoms. The van der Waals surface area contributed by atoms with Crippen molar-refractivity contribution in [2.45, 2.75) is 20.3 Å². The van der Waals surface area contributed by atoms with Gasteiger partial charge in [-0.3, -0.25) is 4.79 Å². The van der Waals surface area contributed by atoms with E-state index < -0.39 is 0 Å². The molecular formula is C20H22N6O3. The molecule has 0 radical (unpaired) electrons. The lowest BCUT2D eigenvalue weighted by Gasteiger charge is -2.09. The van der Waals surface area contributed by atoms with E-state index in [1.54, 1.807) is 4.68 Å². The van der Waals surface area contributed by atoms with Gasteiger partial charge in [0.25, 0.3) is 0 Å². The number of aromatic nitrogens is 4. The molecule has 0 saturated carbocycles. The predicted octanol–water partition coefficient (Wildman–Crippen LogP) is 1.78. The Balaban J connectivity index is 1.26. The van der Waals surface area contributed by atoms with Crippen molar-refractivity contribution in [2.75, 3.05) is 25.2 Å². The SMILES string of the molecule is Cc1cc(C)n(-c2cc(NCCNC(=O)Cc3ccc4c(c3)OCO4)ncn2)n1. The van der Waals surface area contributed by atoms with Crippen LogP contribution in [-0.2, 0) is 11.2 Å². The van der Waals surface area contributed by atoms with Crippen molar-refractivity contribution in [1.82, 2.24) is 25.1 Å². The Morgan fingerprint density at radius 3 is 2.79 bits per heavy atom. The lowest BCUT2D eigenvalue weighted by Crippen LogP contribution is -2.30. The molecule has 1 aromatic carbocycles. The number of carbonyl (C=O) groups excluding carboxylic acids is 1. The van der Waals surface area contributed by atoms with Crippen molar-refractivity contribution in [2.24, 2.45) is 0 Å². The van der Waals surface area contributed by atoms with Crippen LogP contribution in [0.5, 0.6) is 11.5 Å². The fourth-order valence-corrected chi connectivity index (χ4v) is 3.11. The van der Waals surface area contributed by atoms with Crippen molar-refractivity contribution in [3.05, 3.63) is 53.6 Å². The van der Waals surface area contributed by atoms with E-state index in [-0.39, 0.29) is 19.1 Å². The summed E-state index contributed by atoms with van der Waals surface area (Å²) in [6, 6.07) is 9.34. The maximum absolute atomic E-state index is 12.2. The summed E-state index contributed by atoms with van der Waals surface area (Å²) < 4.78 is 12.4. The van der Waals surface area contributed by atoms with E-state index in [9.17, 15) is 4.79 Å². The first-order chi connectivity index (χ1) is 14.1. The highest BCUT2D eigenvalue weighted by atomic mass is 16.7. The van der Waals surface area contributed by atoms with Crippen molar-refractivity contribution in [3.63, 3.8) is 0 Å². The molecule has 0 unspecified atom stereocenters. The van der Waals surface area contributed by atoms with Crippen molar-refractivity contribution >= 4 is 11.7 Å². The van der Waals surface area contributed by atoms with Crippen LogP contribution < -0.4 is 20.1 Å². The van der Waals surface area contributed by atoms with Gasteiger partial charge in [0.2, 0.25) is 12.7 Å². The summed E-state index contributed by atoms with van der Waals surface area (Å²) in [5.74, 6) is 2.70. The van der Waals surface area contributed by atoms with Gasteiger partial charge in [-0.1, -0.05) is 6.07 Å². The zero-order chi connectivity index (χ0) is 20.2. The highest BCUT2D eigenvalue weighted by Crippen LogP contribution is 2.32. The van der Waals surface area contributed by atoms with E-state index in [0.717, 1.165) is 17.0 Å². The number of nitrogens with one attached hydrogen (secondary N) is 2. The number of ether oxygens (including phenoxy) is 2. The fraction of sp³-hybridized carbons (Fsp3) is 0.300. The van der Waals surface area contributed by atoms with Crippen LogP contribution in [0, 0.1) is 13.8 Å². The van der Waals surface area contributed by atoms with E-state index >= 15 is 0 Å². The Bertz CT molecular complexity index is 1030. The average molecular weight is 394 g/mol. The topological polar surface area (TPSA) is 103 Å². The second-order valence-electron chi connectivity index (χ2n) is 6.74. The number of rotatable bonds is 7. The number of aryl methyl sites for hydroxylation is 2. The van der Waals surface area contributed by atoms with E-state index in [1.165, 1.54) is 6.33 Å². The fourth-order valence-electron chi connectivity index (χ4n) is 3.11.